The van der Waals surface area contributed by atoms with Crippen molar-refractivity contribution in [1.82, 2.24) is 3.11 Å². The third-order valence-corrected chi connectivity index (χ3v) is 4.55. The molecular weight excluding hydrogens is 237 g/mol. The molecule has 2 rings (SSSR count). The van der Waals surface area contributed by atoms with E-state index in [4.69, 9.17) is 0 Å². The zero-order chi connectivity index (χ0) is 7.03. The number of hydrogen-bond donors (Lipinski definition) is 0. The molecule has 1 saturated heterocycles. The standard InChI is InChI=1S/C8H14IN/c9-10-7-3-6-8(10)4-1-2-5-8/h1-7H2. The van der Waals surface area contributed by atoms with Crippen LogP contribution in [-0.4, -0.2) is 15.2 Å². The minimum absolute atomic E-state index is 0.667. The van der Waals surface area contributed by atoms with Gasteiger partial charge in [0.1, 0.15) is 0 Å². The Morgan fingerprint density at radius 3 is 2.10 bits per heavy atom. The highest BCUT2D eigenvalue weighted by molar-refractivity contribution is 14.1. The number of hydrogen-bond acceptors (Lipinski definition) is 1. The summed E-state index contributed by atoms with van der Waals surface area (Å²) < 4.78 is 2.57. The molecule has 0 aromatic carbocycles. The van der Waals surface area contributed by atoms with E-state index in [-0.39, 0.29) is 0 Å². The maximum Gasteiger partial charge on any atom is 0.0305 e. The van der Waals surface area contributed by atoms with Gasteiger partial charge in [-0.25, -0.2) is 3.11 Å². The summed E-state index contributed by atoms with van der Waals surface area (Å²) in [5, 5.41) is 0. The maximum absolute atomic E-state index is 2.57. The Labute approximate surface area is 76.7 Å². The Bertz CT molecular complexity index is 124. The molecule has 0 unspecified atom stereocenters. The van der Waals surface area contributed by atoms with Crippen LogP contribution in [0, 0.1) is 0 Å². The van der Waals surface area contributed by atoms with Gasteiger partial charge in [-0.3, -0.25) is 0 Å². The van der Waals surface area contributed by atoms with Gasteiger partial charge in [0, 0.05) is 34.9 Å². The Morgan fingerprint density at radius 2 is 1.60 bits per heavy atom. The zero-order valence-electron chi connectivity index (χ0n) is 6.27. The summed E-state index contributed by atoms with van der Waals surface area (Å²) in [6.07, 6.45) is 8.78. The van der Waals surface area contributed by atoms with Crippen LogP contribution >= 0.6 is 22.9 Å². The van der Waals surface area contributed by atoms with Crippen molar-refractivity contribution in [1.29, 1.82) is 0 Å². The second kappa shape index (κ2) is 2.63. The summed E-state index contributed by atoms with van der Waals surface area (Å²) in [5.74, 6) is 0. The van der Waals surface area contributed by atoms with Crippen LogP contribution in [-0.2, 0) is 0 Å². The molecule has 1 aliphatic heterocycles. The summed E-state index contributed by atoms with van der Waals surface area (Å²) in [7, 11) is 0. The minimum Gasteiger partial charge on any atom is -0.241 e. The molecule has 1 spiro atoms. The molecule has 2 aliphatic rings. The molecule has 10 heavy (non-hydrogen) atoms. The predicted molar refractivity (Wildman–Crippen MR) is 51.2 cm³/mol. The lowest BCUT2D eigenvalue weighted by Crippen LogP contribution is -2.33. The SMILES string of the molecule is IN1CCCC12CCCC2. The molecule has 1 heterocycles. The normalized spacial score (nSPS) is 32.1. The first-order valence-corrected chi connectivity index (χ1v) is 5.23. The van der Waals surface area contributed by atoms with E-state index in [0.717, 1.165) is 0 Å². The van der Waals surface area contributed by atoms with Gasteiger partial charge in [-0.1, -0.05) is 12.8 Å². The van der Waals surface area contributed by atoms with Gasteiger partial charge in [0.15, 0.2) is 0 Å². The van der Waals surface area contributed by atoms with E-state index in [9.17, 15) is 0 Å². The average Bonchev–Trinajstić information content (AvgIpc) is 2.48. The number of nitrogens with zero attached hydrogens (tertiary/aromatic N) is 1. The molecule has 1 saturated carbocycles. The van der Waals surface area contributed by atoms with Crippen LogP contribution in [0.2, 0.25) is 0 Å². The molecular formula is C8H14IN. The van der Waals surface area contributed by atoms with Crippen molar-refractivity contribution in [2.45, 2.75) is 44.1 Å². The summed E-state index contributed by atoms with van der Waals surface area (Å²) in [6.45, 7) is 1.33. The van der Waals surface area contributed by atoms with Crippen LogP contribution in [0.5, 0.6) is 0 Å². The summed E-state index contributed by atoms with van der Waals surface area (Å²) in [5.41, 5.74) is 0.667. The molecule has 2 fully saturated rings. The van der Waals surface area contributed by atoms with Crippen molar-refractivity contribution in [3.05, 3.63) is 0 Å². The van der Waals surface area contributed by atoms with Gasteiger partial charge < -0.3 is 0 Å². The van der Waals surface area contributed by atoms with E-state index in [2.05, 4.69) is 26.0 Å². The van der Waals surface area contributed by atoms with E-state index >= 15 is 0 Å². The maximum atomic E-state index is 2.57. The molecule has 0 N–H and O–H groups in total. The van der Waals surface area contributed by atoms with E-state index in [1.54, 1.807) is 0 Å². The smallest absolute Gasteiger partial charge is 0.0305 e. The van der Waals surface area contributed by atoms with E-state index in [1.165, 1.54) is 45.1 Å². The van der Waals surface area contributed by atoms with Gasteiger partial charge in [-0.2, -0.15) is 0 Å². The molecule has 0 radical (unpaired) electrons. The van der Waals surface area contributed by atoms with Crippen LogP contribution in [0.25, 0.3) is 0 Å². The van der Waals surface area contributed by atoms with Crippen molar-refractivity contribution in [2.75, 3.05) is 6.54 Å². The Hall–Kier alpha value is 0.690. The number of halogens is 1. The second-order valence-corrected chi connectivity index (χ2v) is 4.79. The summed E-state index contributed by atoms with van der Waals surface area (Å²) >= 11 is 2.52. The monoisotopic (exact) mass is 251 g/mol. The number of rotatable bonds is 0. The highest BCUT2D eigenvalue weighted by Gasteiger charge is 2.41. The van der Waals surface area contributed by atoms with Gasteiger partial charge in [0.2, 0.25) is 0 Å². The second-order valence-electron chi connectivity index (χ2n) is 3.62. The Kier molecular flexibility index (Phi) is 1.93. The summed E-state index contributed by atoms with van der Waals surface area (Å²) in [6, 6.07) is 0. The molecule has 0 aromatic rings. The Morgan fingerprint density at radius 1 is 1.00 bits per heavy atom. The summed E-state index contributed by atoms with van der Waals surface area (Å²) in [4.78, 5) is 0. The fourth-order valence-corrected chi connectivity index (χ4v) is 3.50. The molecule has 1 aliphatic carbocycles. The Balaban J connectivity index is 2.11. The third kappa shape index (κ3) is 0.998. The third-order valence-electron chi connectivity index (χ3n) is 3.05. The first-order chi connectivity index (χ1) is 4.83. The zero-order valence-corrected chi connectivity index (χ0v) is 8.43. The molecule has 0 aromatic heterocycles. The minimum atomic E-state index is 0.667. The van der Waals surface area contributed by atoms with E-state index in [0.29, 0.717) is 5.54 Å². The molecule has 58 valence electrons. The fraction of sp³-hybridized carbons (Fsp3) is 1.00. The largest absolute Gasteiger partial charge is 0.241 e. The first-order valence-electron chi connectivity index (χ1n) is 4.27. The van der Waals surface area contributed by atoms with Crippen LogP contribution in [0.3, 0.4) is 0 Å². The van der Waals surface area contributed by atoms with Gasteiger partial charge in [-0.05, 0) is 25.7 Å². The lowest BCUT2D eigenvalue weighted by molar-refractivity contribution is 0.291. The van der Waals surface area contributed by atoms with Crippen molar-refractivity contribution >= 4 is 22.9 Å². The topological polar surface area (TPSA) is 3.24 Å². The lowest BCUT2D eigenvalue weighted by atomic mass is 9.96. The van der Waals surface area contributed by atoms with Crippen molar-refractivity contribution < 1.29 is 0 Å². The van der Waals surface area contributed by atoms with E-state index < -0.39 is 0 Å². The van der Waals surface area contributed by atoms with Crippen molar-refractivity contribution in [3.8, 4) is 0 Å². The highest BCUT2D eigenvalue weighted by atomic mass is 127. The quantitative estimate of drug-likeness (QED) is 0.472. The molecule has 0 bridgehead atoms. The van der Waals surface area contributed by atoms with Gasteiger partial charge in [-0.15, -0.1) is 0 Å². The van der Waals surface area contributed by atoms with Crippen LogP contribution in [0.1, 0.15) is 38.5 Å². The fourth-order valence-electron chi connectivity index (χ4n) is 2.43. The predicted octanol–water partition coefficient (Wildman–Crippen LogP) is 2.75. The van der Waals surface area contributed by atoms with Gasteiger partial charge in [0.25, 0.3) is 0 Å². The lowest BCUT2D eigenvalue weighted by Gasteiger charge is -2.29. The van der Waals surface area contributed by atoms with E-state index in [1.807, 2.05) is 0 Å². The first kappa shape index (κ1) is 7.35. The highest BCUT2D eigenvalue weighted by Crippen LogP contribution is 2.44. The average molecular weight is 251 g/mol. The molecule has 2 heteroatoms. The van der Waals surface area contributed by atoms with Crippen LogP contribution in [0.15, 0.2) is 0 Å². The molecule has 0 atom stereocenters. The van der Waals surface area contributed by atoms with Gasteiger partial charge in [0.05, 0.1) is 0 Å². The van der Waals surface area contributed by atoms with Crippen LogP contribution in [0.4, 0.5) is 0 Å². The van der Waals surface area contributed by atoms with Gasteiger partial charge >= 0.3 is 0 Å². The van der Waals surface area contributed by atoms with Crippen LogP contribution < -0.4 is 0 Å². The van der Waals surface area contributed by atoms with Crippen molar-refractivity contribution in [3.63, 3.8) is 0 Å². The molecule has 1 nitrogen and oxygen atoms in total. The molecule has 0 amide bonds. The van der Waals surface area contributed by atoms with Crippen molar-refractivity contribution in [2.24, 2.45) is 0 Å².